The quantitative estimate of drug-likeness (QED) is 0.795. The summed E-state index contributed by atoms with van der Waals surface area (Å²) in [4.78, 5) is 12.5. The number of methoxy groups -OCH3 is 1. The zero-order valence-corrected chi connectivity index (χ0v) is 12.9. The molecule has 1 heterocycles. The number of nitrogens with two attached hydrogens (primary N) is 1. The maximum absolute atomic E-state index is 12.5. The molecule has 2 fully saturated rings. The average molecular weight is 284 g/mol. The van der Waals surface area contributed by atoms with Gasteiger partial charge in [-0.3, -0.25) is 4.79 Å². The summed E-state index contributed by atoms with van der Waals surface area (Å²) in [6.45, 7) is 5.48. The number of carbonyl (C=O) groups is 1. The predicted molar refractivity (Wildman–Crippen MR) is 77.3 cm³/mol. The lowest BCUT2D eigenvalue weighted by Crippen LogP contribution is -2.68. The van der Waals surface area contributed by atoms with Crippen molar-refractivity contribution in [1.29, 1.82) is 0 Å². The van der Waals surface area contributed by atoms with E-state index in [1.165, 1.54) is 0 Å². The van der Waals surface area contributed by atoms with Crippen molar-refractivity contribution in [2.45, 2.75) is 63.6 Å². The van der Waals surface area contributed by atoms with Crippen LogP contribution in [0.5, 0.6) is 0 Å². The third-order valence-electron chi connectivity index (χ3n) is 5.53. The van der Waals surface area contributed by atoms with Crippen LogP contribution in [0.3, 0.4) is 0 Å². The van der Waals surface area contributed by atoms with E-state index in [4.69, 9.17) is 15.2 Å². The predicted octanol–water partition coefficient (Wildman–Crippen LogP) is 1.20. The highest BCUT2D eigenvalue weighted by Crippen LogP contribution is 2.48. The van der Waals surface area contributed by atoms with Gasteiger partial charge in [-0.15, -0.1) is 0 Å². The minimum absolute atomic E-state index is 0.0216. The second-order valence-electron chi connectivity index (χ2n) is 6.19. The fourth-order valence-electron chi connectivity index (χ4n) is 3.74. The van der Waals surface area contributed by atoms with Crippen LogP contribution >= 0.6 is 0 Å². The van der Waals surface area contributed by atoms with Gasteiger partial charge in [-0.2, -0.15) is 0 Å². The molecule has 2 unspecified atom stereocenters. The first-order valence-corrected chi connectivity index (χ1v) is 7.73. The fourth-order valence-corrected chi connectivity index (χ4v) is 3.74. The molecule has 116 valence electrons. The smallest absolute Gasteiger partial charge is 0.240 e. The minimum atomic E-state index is -0.760. The molecule has 1 aliphatic carbocycles. The molecule has 2 aliphatic rings. The third-order valence-corrected chi connectivity index (χ3v) is 5.53. The van der Waals surface area contributed by atoms with Crippen molar-refractivity contribution in [2.24, 2.45) is 11.1 Å². The third kappa shape index (κ3) is 2.47. The molecular weight excluding hydrogens is 256 g/mol. The monoisotopic (exact) mass is 284 g/mol. The van der Waals surface area contributed by atoms with E-state index in [-0.39, 0.29) is 23.5 Å². The molecule has 5 heteroatoms. The normalized spacial score (nSPS) is 31.4. The number of ether oxygens (including phenoxy) is 2. The van der Waals surface area contributed by atoms with Crippen LogP contribution in [0.25, 0.3) is 0 Å². The first kappa shape index (κ1) is 15.7. The van der Waals surface area contributed by atoms with Crippen molar-refractivity contribution in [3.05, 3.63) is 0 Å². The van der Waals surface area contributed by atoms with Gasteiger partial charge in [0.2, 0.25) is 5.91 Å². The van der Waals surface area contributed by atoms with Gasteiger partial charge in [-0.25, -0.2) is 0 Å². The molecule has 2 atom stereocenters. The van der Waals surface area contributed by atoms with Gasteiger partial charge >= 0.3 is 0 Å². The Balaban J connectivity index is 2.01. The molecule has 0 aromatic rings. The van der Waals surface area contributed by atoms with Crippen molar-refractivity contribution in [3.63, 3.8) is 0 Å². The van der Waals surface area contributed by atoms with Gasteiger partial charge in [0.05, 0.1) is 11.6 Å². The van der Waals surface area contributed by atoms with E-state index in [9.17, 15) is 4.79 Å². The Hall–Kier alpha value is -0.650. The van der Waals surface area contributed by atoms with E-state index in [0.717, 1.165) is 19.3 Å². The van der Waals surface area contributed by atoms with Crippen molar-refractivity contribution in [2.75, 3.05) is 20.3 Å². The number of carbonyl (C=O) groups excluding carboxylic acids is 1. The summed E-state index contributed by atoms with van der Waals surface area (Å²) in [5.74, 6) is -0.0216. The Morgan fingerprint density at radius 1 is 1.35 bits per heavy atom. The molecule has 1 aliphatic heterocycles. The van der Waals surface area contributed by atoms with E-state index < -0.39 is 5.54 Å². The summed E-state index contributed by atoms with van der Waals surface area (Å²) >= 11 is 0. The summed E-state index contributed by atoms with van der Waals surface area (Å²) in [6.07, 6.45) is 4.35. The van der Waals surface area contributed by atoms with Crippen LogP contribution in [-0.2, 0) is 14.3 Å². The molecule has 0 aromatic heterocycles. The maximum Gasteiger partial charge on any atom is 0.240 e. The molecule has 0 aromatic carbocycles. The van der Waals surface area contributed by atoms with Crippen LogP contribution < -0.4 is 11.1 Å². The zero-order chi connectivity index (χ0) is 14.8. The van der Waals surface area contributed by atoms with Gasteiger partial charge < -0.3 is 20.5 Å². The van der Waals surface area contributed by atoms with Crippen molar-refractivity contribution < 1.29 is 14.3 Å². The molecule has 0 spiro atoms. The van der Waals surface area contributed by atoms with E-state index >= 15 is 0 Å². The van der Waals surface area contributed by atoms with Gasteiger partial charge in [-0.1, -0.05) is 13.8 Å². The van der Waals surface area contributed by atoms with Gasteiger partial charge in [0, 0.05) is 31.8 Å². The summed E-state index contributed by atoms with van der Waals surface area (Å²) in [6, 6.07) is 0.179. The first-order chi connectivity index (χ1) is 9.52. The summed E-state index contributed by atoms with van der Waals surface area (Å²) in [5.41, 5.74) is 5.55. The van der Waals surface area contributed by atoms with Gasteiger partial charge in [-0.05, 0) is 32.1 Å². The highest BCUT2D eigenvalue weighted by Gasteiger charge is 2.54. The zero-order valence-electron chi connectivity index (χ0n) is 12.9. The van der Waals surface area contributed by atoms with E-state index in [0.29, 0.717) is 26.1 Å². The van der Waals surface area contributed by atoms with E-state index in [1.54, 1.807) is 7.11 Å². The van der Waals surface area contributed by atoms with Crippen molar-refractivity contribution in [3.8, 4) is 0 Å². The standard InChI is InChI=1S/C15H28N2O3/c1-4-14(5-2)11(10-12(14)19-3)17-13(18)15(16)6-8-20-9-7-15/h11-12H,4-10,16H2,1-3H3,(H,17,18). The summed E-state index contributed by atoms with van der Waals surface area (Å²) in [7, 11) is 1.76. The number of nitrogens with one attached hydrogen (secondary N) is 1. The molecule has 0 radical (unpaired) electrons. The maximum atomic E-state index is 12.5. The Morgan fingerprint density at radius 2 is 1.95 bits per heavy atom. The summed E-state index contributed by atoms with van der Waals surface area (Å²) < 4.78 is 10.9. The summed E-state index contributed by atoms with van der Waals surface area (Å²) in [5, 5.41) is 3.18. The molecule has 2 rings (SSSR count). The molecule has 1 saturated heterocycles. The fraction of sp³-hybridized carbons (Fsp3) is 0.933. The van der Waals surface area contributed by atoms with Crippen molar-refractivity contribution in [1.82, 2.24) is 5.32 Å². The second kappa shape index (κ2) is 6.00. The van der Waals surface area contributed by atoms with Gasteiger partial charge in [0.15, 0.2) is 0 Å². The minimum Gasteiger partial charge on any atom is -0.381 e. The SMILES string of the molecule is CCC1(CC)C(NC(=O)C2(N)CCOCC2)CC1OC. The number of hydrogen-bond donors (Lipinski definition) is 2. The van der Waals surface area contributed by atoms with E-state index in [2.05, 4.69) is 19.2 Å². The Morgan fingerprint density at radius 3 is 2.45 bits per heavy atom. The molecule has 0 bridgehead atoms. The van der Waals surface area contributed by atoms with Crippen LogP contribution in [-0.4, -0.2) is 43.9 Å². The van der Waals surface area contributed by atoms with Gasteiger partial charge in [0.25, 0.3) is 0 Å². The highest BCUT2D eigenvalue weighted by atomic mass is 16.5. The number of amides is 1. The van der Waals surface area contributed by atoms with Gasteiger partial charge in [0.1, 0.15) is 0 Å². The second-order valence-corrected chi connectivity index (χ2v) is 6.19. The van der Waals surface area contributed by atoms with Crippen molar-refractivity contribution >= 4 is 5.91 Å². The molecule has 5 nitrogen and oxygen atoms in total. The average Bonchev–Trinajstić information content (AvgIpc) is 2.45. The van der Waals surface area contributed by atoms with Crippen LogP contribution in [0.2, 0.25) is 0 Å². The number of hydrogen-bond acceptors (Lipinski definition) is 4. The van der Waals surface area contributed by atoms with E-state index in [1.807, 2.05) is 0 Å². The Labute approximate surface area is 121 Å². The van der Waals surface area contributed by atoms with Crippen LogP contribution in [0.1, 0.15) is 46.0 Å². The number of rotatable bonds is 5. The molecule has 1 amide bonds. The Kier molecular flexibility index (Phi) is 4.72. The van der Waals surface area contributed by atoms with Crippen LogP contribution in [0.4, 0.5) is 0 Å². The lowest BCUT2D eigenvalue weighted by Gasteiger charge is -2.55. The molecule has 3 N–H and O–H groups in total. The topological polar surface area (TPSA) is 73.6 Å². The highest BCUT2D eigenvalue weighted by molar-refractivity contribution is 5.86. The first-order valence-electron chi connectivity index (χ1n) is 7.73. The van der Waals surface area contributed by atoms with Crippen LogP contribution in [0, 0.1) is 5.41 Å². The molecule has 1 saturated carbocycles. The molecular formula is C15H28N2O3. The Bertz CT molecular complexity index is 349. The lowest BCUT2D eigenvalue weighted by atomic mass is 9.58. The molecule has 20 heavy (non-hydrogen) atoms. The van der Waals surface area contributed by atoms with Crippen LogP contribution in [0.15, 0.2) is 0 Å². The lowest BCUT2D eigenvalue weighted by molar-refractivity contribution is -0.147. The largest absolute Gasteiger partial charge is 0.381 e.